The number of carbonyl (C=O) groups is 1. The monoisotopic (exact) mass is 440 g/mol. The zero-order valence-electron chi connectivity index (χ0n) is 17.4. The molecule has 0 bridgehead atoms. The van der Waals surface area contributed by atoms with Crippen LogP contribution in [0.25, 0.3) is 16.9 Å². The van der Waals surface area contributed by atoms with Crippen molar-refractivity contribution in [3.8, 4) is 22.7 Å². The van der Waals surface area contributed by atoms with Gasteiger partial charge >= 0.3 is 0 Å². The lowest BCUT2D eigenvalue weighted by Gasteiger charge is -2.33. The number of benzene rings is 2. The van der Waals surface area contributed by atoms with E-state index in [2.05, 4.69) is 0 Å². The largest absolute Gasteiger partial charge is 0.497 e. The maximum absolute atomic E-state index is 13.4. The first-order valence-corrected chi connectivity index (χ1v) is 11.8. The molecule has 162 valence electrons. The Bertz CT molecular complexity index is 1170. The fourth-order valence-electron chi connectivity index (χ4n) is 3.60. The first-order chi connectivity index (χ1) is 14.9. The second-order valence-corrected chi connectivity index (χ2v) is 9.34. The highest BCUT2D eigenvalue weighted by Gasteiger charge is 2.29. The van der Waals surface area contributed by atoms with Gasteiger partial charge in [-0.15, -0.1) is 0 Å². The van der Waals surface area contributed by atoms with Crippen LogP contribution < -0.4 is 4.74 Å². The molecule has 0 atom stereocenters. The fourth-order valence-corrected chi connectivity index (χ4v) is 4.43. The lowest BCUT2D eigenvalue weighted by molar-refractivity contribution is 0.0699. The van der Waals surface area contributed by atoms with E-state index in [4.69, 9.17) is 9.84 Å². The van der Waals surface area contributed by atoms with Gasteiger partial charge in [0.25, 0.3) is 5.91 Å². The summed E-state index contributed by atoms with van der Waals surface area (Å²) in [6.07, 6.45) is 2.93. The maximum Gasteiger partial charge on any atom is 0.257 e. The number of ether oxygens (including phenoxy) is 1. The van der Waals surface area contributed by atoms with Crippen molar-refractivity contribution in [2.24, 2.45) is 0 Å². The predicted octanol–water partition coefficient (Wildman–Crippen LogP) is 2.27. The van der Waals surface area contributed by atoms with Crippen molar-refractivity contribution < 1.29 is 17.9 Å². The third-order valence-electron chi connectivity index (χ3n) is 5.32. The van der Waals surface area contributed by atoms with Crippen molar-refractivity contribution >= 4 is 15.9 Å². The zero-order chi connectivity index (χ0) is 22.0. The Hall–Kier alpha value is -3.17. The molecule has 1 saturated heterocycles. The second kappa shape index (κ2) is 8.52. The molecule has 1 aliphatic heterocycles. The Labute approximate surface area is 181 Å². The fraction of sp³-hybridized carbons (Fsp3) is 0.273. The van der Waals surface area contributed by atoms with Gasteiger partial charge in [-0.25, -0.2) is 13.1 Å². The molecule has 0 unspecified atom stereocenters. The van der Waals surface area contributed by atoms with Crippen LogP contribution in [-0.4, -0.2) is 72.9 Å². The number of amides is 1. The van der Waals surface area contributed by atoms with Gasteiger partial charge in [0, 0.05) is 37.9 Å². The third kappa shape index (κ3) is 4.47. The lowest BCUT2D eigenvalue weighted by atomic mass is 10.1. The van der Waals surface area contributed by atoms with Crippen LogP contribution in [0.1, 0.15) is 10.4 Å². The van der Waals surface area contributed by atoms with Crippen LogP contribution in [0.15, 0.2) is 60.8 Å². The molecule has 0 spiro atoms. The van der Waals surface area contributed by atoms with Gasteiger partial charge in [0.15, 0.2) is 0 Å². The number of carbonyl (C=O) groups excluding carboxylic acids is 1. The number of rotatable bonds is 5. The van der Waals surface area contributed by atoms with E-state index in [1.807, 2.05) is 54.6 Å². The van der Waals surface area contributed by atoms with Crippen LogP contribution in [0.2, 0.25) is 0 Å². The van der Waals surface area contributed by atoms with Gasteiger partial charge in [-0.1, -0.05) is 18.2 Å². The molecule has 1 amide bonds. The summed E-state index contributed by atoms with van der Waals surface area (Å²) in [5, 5.41) is 4.70. The number of aromatic nitrogens is 2. The Morgan fingerprint density at radius 1 is 0.968 bits per heavy atom. The standard InChI is InChI=1S/C22H24N4O4S/c1-30-19-10-8-17(9-11-19)21-20(16-26(23-21)18-6-4-3-5-7-18)22(27)24-12-14-25(15-13-24)31(2,28)29/h3-11,16H,12-15H2,1-2H3. The summed E-state index contributed by atoms with van der Waals surface area (Å²) in [6, 6.07) is 17.0. The van der Waals surface area contributed by atoms with Crippen LogP contribution in [0.3, 0.4) is 0 Å². The van der Waals surface area contributed by atoms with Crippen LogP contribution >= 0.6 is 0 Å². The van der Waals surface area contributed by atoms with Crippen molar-refractivity contribution in [3.05, 3.63) is 66.4 Å². The SMILES string of the molecule is COc1ccc(-c2nn(-c3ccccc3)cc2C(=O)N2CCN(S(C)(=O)=O)CC2)cc1. The second-order valence-electron chi connectivity index (χ2n) is 7.35. The molecule has 1 aliphatic rings. The summed E-state index contributed by atoms with van der Waals surface area (Å²) in [6.45, 7) is 1.25. The van der Waals surface area contributed by atoms with Crippen molar-refractivity contribution in [2.45, 2.75) is 0 Å². The van der Waals surface area contributed by atoms with Gasteiger partial charge in [-0.05, 0) is 36.4 Å². The average molecular weight is 441 g/mol. The first kappa shape index (κ1) is 21.1. The molecule has 0 N–H and O–H groups in total. The molecular formula is C22H24N4O4S. The van der Waals surface area contributed by atoms with E-state index < -0.39 is 10.0 Å². The number of hydrogen-bond acceptors (Lipinski definition) is 5. The Kier molecular flexibility index (Phi) is 5.79. The van der Waals surface area contributed by atoms with Gasteiger partial charge in [-0.2, -0.15) is 9.40 Å². The maximum atomic E-state index is 13.4. The molecule has 4 rings (SSSR count). The predicted molar refractivity (Wildman–Crippen MR) is 118 cm³/mol. The molecule has 3 aromatic rings. The number of nitrogens with zero attached hydrogens (tertiary/aromatic N) is 4. The summed E-state index contributed by atoms with van der Waals surface area (Å²) in [4.78, 5) is 15.1. The molecule has 0 radical (unpaired) electrons. The summed E-state index contributed by atoms with van der Waals surface area (Å²) in [7, 11) is -1.66. The highest BCUT2D eigenvalue weighted by Crippen LogP contribution is 2.27. The van der Waals surface area contributed by atoms with Gasteiger partial charge in [0.1, 0.15) is 11.4 Å². The van der Waals surface area contributed by atoms with Crippen molar-refractivity contribution in [1.29, 1.82) is 0 Å². The number of sulfonamides is 1. The molecule has 2 aromatic carbocycles. The minimum atomic E-state index is -3.26. The lowest BCUT2D eigenvalue weighted by Crippen LogP contribution is -2.50. The minimum absolute atomic E-state index is 0.166. The van der Waals surface area contributed by atoms with Crippen LogP contribution in [0.4, 0.5) is 0 Å². The number of para-hydroxylation sites is 1. The Morgan fingerprint density at radius 2 is 1.61 bits per heavy atom. The summed E-state index contributed by atoms with van der Waals surface area (Å²) in [5.74, 6) is 0.553. The zero-order valence-corrected chi connectivity index (χ0v) is 18.2. The molecule has 1 fully saturated rings. The Morgan fingerprint density at radius 3 is 2.19 bits per heavy atom. The molecule has 2 heterocycles. The normalized spacial score (nSPS) is 15.1. The quantitative estimate of drug-likeness (QED) is 0.608. The Balaban J connectivity index is 1.68. The minimum Gasteiger partial charge on any atom is -0.497 e. The number of piperazine rings is 1. The van der Waals surface area contributed by atoms with Crippen LogP contribution in [0.5, 0.6) is 5.75 Å². The van der Waals surface area contributed by atoms with Gasteiger partial charge in [0.2, 0.25) is 10.0 Å². The highest BCUT2D eigenvalue weighted by atomic mass is 32.2. The number of hydrogen-bond donors (Lipinski definition) is 0. The smallest absolute Gasteiger partial charge is 0.257 e. The van der Waals surface area contributed by atoms with Crippen LogP contribution in [-0.2, 0) is 10.0 Å². The third-order valence-corrected chi connectivity index (χ3v) is 6.63. The van der Waals surface area contributed by atoms with Crippen molar-refractivity contribution in [2.75, 3.05) is 39.5 Å². The number of methoxy groups -OCH3 is 1. The van der Waals surface area contributed by atoms with E-state index in [0.29, 0.717) is 24.3 Å². The average Bonchev–Trinajstić information content (AvgIpc) is 3.24. The van der Waals surface area contributed by atoms with Gasteiger partial charge in [0.05, 0.1) is 24.6 Å². The molecule has 0 aliphatic carbocycles. The van der Waals surface area contributed by atoms with E-state index in [-0.39, 0.29) is 19.0 Å². The molecule has 31 heavy (non-hydrogen) atoms. The molecule has 1 aromatic heterocycles. The van der Waals surface area contributed by atoms with Gasteiger partial charge in [-0.3, -0.25) is 4.79 Å². The van der Waals surface area contributed by atoms with E-state index in [0.717, 1.165) is 17.0 Å². The van der Waals surface area contributed by atoms with E-state index >= 15 is 0 Å². The summed E-state index contributed by atoms with van der Waals surface area (Å²) >= 11 is 0. The van der Waals surface area contributed by atoms with Gasteiger partial charge < -0.3 is 9.64 Å². The van der Waals surface area contributed by atoms with E-state index in [1.165, 1.54) is 10.6 Å². The first-order valence-electron chi connectivity index (χ1n) is 9.91. The van der Waals surface area contributed by atoms with Crippen molar-refractivity contribution in [3.63, 3.8) is 0 Å². The highest BCUT2D eigenvalue weighted by molar-refractivity contribution is 7.88. The summed E-state index contributed by atoms with van der Waals surface area (Å²) in [5.41, 5.74) is 2.69. The molecule has 8 nitrogen and oxygen atoms in total. The van der Waals surface area contributed by atoms with E-state index in [1.54, 1.807) is 22.9 Å². The van der Waals surface area contributed by atoms with Crippen molar-refractivity contribution in [1.82, 2.24) is 19.0 Å². The molecule has 0 saturated carbocycles. The van der Waals surface area contributed by atoms with E-state index in [9.17, 15) is 13.2 Å². The topological polar surface area (TPSA) is 84.7 Å². The molecular weight excluding hydrogens is 416 g/mol. The van der Waals surface area contributed by atoms with Crippen LogP contribution in [0, 0.1) is 0 Å². The molecule has 9 heteroatoms. The summed E-state index contributed by atoms with van der Waals surface area (Å²) < 4.78 is 31.9.